The molecule has 3 heteroatoms. The van der Waals surface area contributed by atoms with Crippen LogP contribution in [0.1, 0.15) is 6.92 Å². The first-order chi connectivity index (χ1) is 5.20. The monoisotopic (exact) mass is 152 g/mol. The molecule has 0 spiro atoms. The van der Waals surface area contributed by atoms with E-state index in [1.807, 2.05) is 0 Å². The van der Waals surface area contributed by atoms with Gasteiger partial charge in [0, 0.05) is 13.0 Å². The maximum absolute atomic E-state index is 12.7. The fourth-order valence-electron chi connectivity index (χ4n) is 0.703. The zero-order valence-corrected chi connectivity index (χ0v) is 6.02. The van der Waals surface area contributed by atoms with Gasteiger partial charge in [-0.05, 0) is 6.07 Å². The molecule has 0 bridgehead atoms. The van der Waals surface area contributed by atoms with Crippen LogP contribution in [0.5, 0.6) is 0 Å². The van der Waals surface area contributed by atoms with Gasteiger partial charge in [-0.15, -0.1) is 0 Å². The first kappa shape index (κ1) is 7.72. The summed E-state index contributed by atoms with van der Waals surface area (Å²) < 4.78 is 12.7. The van der Waals surface area contributed by atoms with E-state index >= 15 is 0 Å². The Morgan fingerprint density at radius 2 is 2.45 bits per heavy atom. The van der Waals surface area contributed by atoms with Gasteiger partial charge in [0.25, 0.3) is 0 Å². The van der Waals surface area contributed by atoms with Crippen LogP contribution >= 0.6 is 0 Å². The minimum absolute atomic E-state index is 0.167. The Morgan fingerprint density at radius 1 is 1.73 bits per heavy atom. The lowest BCUT2D eigenvalue weighted by atomic mass is 10.3. The van der Waals surface area contributed by atoms with Gasteiger partial charge in [-0.3, -0.25) is 4.79 Å². The molecule has 11 heavy (non-hydrogen) atoms. The van der Waals surface area contributed by atoms with Crippen molar-refractivity contribution in [3.63, 3.8) is 0 Å². The summed E-state index contributed by atoms with van der Waals surface area (Å²) >= 11 is 0. The van der Waals surface area contributed by atoms with E-state index in [0.717, 1.165) is 0 Å². The highest BCUT2D eigenvalue weighted by atomic mass is 19.1. The van der Waals surface area contributed by atoms with Crippen LogP contribution in [0.4, 0.5) is 10.1 Å². The molecule has 2 nitrogen and oxygen atoms in total. The van der Waals surface area contributed by atoms with E-state index in [1.165, 1.54) is 19.1 Å². The van der Waals surface area contributed by atoms with Crippen LogP contribution in [0.25, 0.3) is 0 Å². The number of carbonyl (C=O) groups excluding carboxylic acids is 1. The number of hydrogen-bond acceptors (Lipinski definition) is 1. The molecule has 0 aliphatic heterocycles. The average Bonchev–Trinajstić information content (AvgIpc) is 1.93. The standard InChI is InChI=1S/C8H7FNO/c1-6(11)10-8-5-3-2-4-7(8)9/h2-3,5H,1H3,(H,10,11). The van der Waals surface area contributed by atoms with Gasteiger partial charge in [0.1, 0.15) is 0 Å². The van der Waals surface area contributed by atoms with E-state index in [-0.39, 0.29) is 11.6 Å². The molecule has 0 saturated heterocycles. The molecule has 1 rings (SSSR count). The van der Waals surface area contributed by atoms with Crippen molar-refractivity contribution in [1.82, 2.24) is 0 Å². The Labute approximate surface area is 64.0 Å². The molecule has 0 atom stereocenters. The summed E-state index contributed by atoms with van der Waals surface area (Å²) in [4.78, 5) is 10.5. The lowest BCUT2D eigenvalue weighted by molar-refractivity contribution is -0.114. The largest absolute Gasteiger partial charge is 0.324 e. The molecule has 1 N–H and O–H groups in total. The summed E-state index contributed by atoms with van der Waals surface area (Å²) in [7, 11) is 0. The first-order valence-electron chi connectivity index (χ1n) is 3.14. The molecule has 0 saturated carbocycles. The van der Waals surface area contributed by atoms with Gasteiger partial charge in [-0.1, -0.05) is 12.1 Å². The number of benzene rings is 1. The summed E-state index contributed by atoms with van der Waals surface area (Å²) in [5, 5.41) is 2.33. The summed E-state index contributed by atoms with van der Waals surface area (Å²) in [6.45, 7) is 1.33. The summed E-state index contributed by atoms with van der Waals surface area (Å²) in [6, 6.07) is 6.85. The van der Waals surface area contributed by atoms with Gasteiger partial charge in [0.15, 0.2) is 5.82 Å². The minimum Gasteiger partial charge on any atom is -0.324 e. The maximum atomic E-state index is 12.7. The predicted molar refractivity (Wildman–Crippen MR) is 39.5 cm³/mol. The molecule has 0 aliphatic rings. The fraction of sp³-hybridized carbons (Fsp3) is 0.125. The Balaban J connectivity index is 2.86. The Morgan fingerprint density at radius 3 is 3.00 bits per heavy atom. The van der Waals surface area contributed by atoms with Gasteiger partial charge in [0.05, 0.1) is 5.69 Å². The van der Waals surface area contributed by atoms with Crippen molar-refractivity contribution in [2.75, 3.05) is 5.32 Å². The minimum atomic E-state index is -0.539. The molecule has 1 aromatic rings. The Bertz CT molecular complexity index is 273. The van der Waals surface area contributed by atoms with Crippen LogP contribution in [0.15, 0.2) is 18.2 Å². The molecule has 57 valence electrons. The number of carbonyl (C=O) groups is 1. The van der Waals surface area contributed by atoms with Crippen molar-refractivity contribution in [2.24, 2.45) is 0 Å². The highest BCUT2D eigenvalue weighted by molar-refractivity contribution is 5.88. The predicted octanol–water partition coefficient (Wildman–Crippen LogP) is 1.58. The highest BCUT2D eigenvalue weighted by Gasteiger charge is 2.00. The Hall–Kier alpha value is -1.38. The van der Waals surface area contributed by atoms with Gasteiger partial charge in [0.2, 0.25) is 5.91 Å². The first-order valence-corrected chi connectivity index (χ1v) is 3.14. The zero-order chi connectivity index (χ0) is 8.27. The van der Waals surface area contributed by atoms with Crippen LogP contribution in [0.2, 0.25) is 0 Å². The quantitative estimate of drug-likeness (QED) is 0.650. The van der Waals surface area contributed by atoms with Crippen LogP contribution < -0.4 is 5.32 Å². The molecular weight excluding hydrogens is 145 g/mol. The SMILES string of the molecule is CC(=O)Nc1ccc[c]c1F. The van der Waals surface area contributed by atoms with Crippen molar-refractivity contribution in [1.29, 1.82) is 0 Å². The molecule has 0 fully saturated rings. The van der Waals surface area contributed by atoms with Crippen LogP contribution in [-0.2, 0) is 4.79 Å². The number of halogens is 1. The number of anilines is 1. The van der Waals surface area contributed by atoms with Crippen LogP contribution in [-0.4, -0.2) is 5.91 Å². The van der Waals surface area contributed by atoms with Gasteiger partial charge < -0.3 is 5.32 Å². The van der Waals surface area contributed by atoms with Crippen molar-refractivity contribution >= 4 is 11.6 Å². The van der Waals surface area contributed by atoms with Crippen LogP contribution in [0.3, 0.4) is 0 Å². The Kier molecular flexibility index (Phi) is 2.21. The maximum Gasteiger partial charge on any atom is 0.221 e. The van der Waals surface area contributed by atoms with Crippen LogP contribution in [0, 0.1) is 11.9 Å². The molecular formula is C8H7FNO. The zero-order valence-electron chi connectivity index (χ0n) is 6.02. The van der Waals surface area contributed by atoms with E-state index in [9.17, 15) is 9.18 Å². The van der Waals surface area contributed by atoms with E-state index < -0.39 is 5.82 Å². The third-order valence-electron chi connectivity index (χ3n) is 1.12. The van der Waals surface area contributed by atoms with Gasteiger partial charge in [-0.25, -0.2) is 4.39 Å². The van der Waals surface area contributed by atoms with Crippen molar-refractivity contribution in [3.8, 4) is 0 Å². The molecule has 1 radical (unpaired) electrons. The normalized spacial score (nSPS) is 9.27. The third-order valence-corrected chi connectivity index (χ3v) is 1.12. The molecule has 1 aromatic carbocycles. The topological polar surface area (TPSA) is 29.1 Å². The second-order valence-electron chi connectivity index (χ2n) is 2.08. The van der Waals surface area contributed by atoms with E-state index in [4.69, 9.17) is 0 Å². The lowest BCUT2D eigenvalue weighted by Gasteiger charge is -2.00. The van der Waals surface area contributed by atoms with E-state index in [2.05, 4.69) is 11.4 Å². The lowest BCUT2D eigenvalue weighted by Crippen LogP contribution is -2.06. The summed E-state index contributed by atoms with van der Waals surface area (Å²) in [5.74, 6) is -0.828. The number of amides is 1. The summed E-state index contributed by atoms with van der Waals surface area (Å²) in [5.41, 5.74) is 0.167. The van der Waals surface area contributed by atoms with Crippen molar-refractivity contribution in [3.05, 3.63) is 30.1 Å². The number of hydrogen-bond donors (Lipinski definition) is 1. The average molecular weight is 152 g/mol. The molecule has 0 heterocycles. The highest BCUT2D eigenvalue weighted by Crippen LogP contribution is 2.10. The fourth-order valence-corrected chi connectivity index (χ4v) is 0.703. The number of nitrogens with one attached hydrogen (secondary N) is 1. The smallest absolute Gasteiger partial charge is 0.221 e. The van der Waals surface area contributed by atoms with Crippen molar-refractivity contribution < 1.29 is 9.18 Å². The molecule has 1 amide bonds. The summed E-state index contributed by atoms with van der Waals surface area (Å²) in [6.07, 6.45) is 0. The second kappa shape index (κ2) is 3.14. The van der Waals surface area contributed by atoms with Crippen molar-refractivity contribution in [2.45, 2.75) is 6.92 Å². The van der Waals surface area contributed by atoms with E-state index in [1.54, 1.807) is 6.07 Å². The second-order valence-corrected chi connectivity index (χ2v) is 2.08. The molecule has 0 unspecified atom stereocenters. The number of rotatable bonds is 1. The van der Waals surface area contributed by atoms with E-state index in [0.29, 0.717) is 0 Å². The van der Waals surface area contributed by atoms with Gasteiger partial charge in [-0.2, -0.15) is 0 Å². The van der Waals surface area contributed by atoms with Gasteiger partial charge >= 0.3 is 0 Å². The molecule has 0 aliphatic carbocycles. The molecule has 0 aromatic heterocycles. The third kappa shape index (κ3) is 2.04.